The summed E-state index contributed by atoms with van der Waals surface area (Å²) in [6.07, 6.45) is 4.97. The molecule has 1 aromatic heterocycles. The van der Waals surface area contributed by atoms with Gasteiger partial charge in [-0.05, 0) is 31.2 Å². The van der Waals surface area contributed by atoms with Gasteiger partial charge in [0.15, 0.2) is 0 Å². The van der Waals surface area contributed by atoms with Crippen molar-refractivity contribution in [2.75, 3.05) is 32.8 Å². The molecule has 0 N–H and O–H groups in total. The fourth-order valence-electron chi connectivity index (χ4n) is 4.30. The first-order chi connectivity index (χ1) is 14.2. The highest BCUT2D eigenvalue weighted by Gasteiger charge is 2.25. The van der Waals surface area contributed by atoms with Gasteiger partial charge in [0.05, 0.1) is 25.3 Å². The number of piperidine rings is 1. The summed E-state index contributed by atoms with van der Waals surface area (Å²) >= 11 is 1.63. The van der Waals surface area contributed by atoms with E-state index in [0.29, 0.717) is 12.5 Å². The summed E-state index contributed by atoms with van der Waals surface area (Å²) in [5.74, 6) is 0.231. The molecule has 2 aromatic rings. The molecule has 1 amide bonds. The molecule has 0 radical (unpaired) electrons. The Bertz CT molecular complexity index is 799. The molecule has 6 heteroatoms. The van der Waals surface area contributed by atoms with Crippen LogP contribution >= 0.6 is 11.3 Å². The molecule has 5 nitrogen and oxygen atoms in total. The SMILES string of the molecule is CCC1CCCCN1C(=O)Cc1csc(-c2ccc(CN3CCOCC3)cc2)n1. The van der Waals surface area contributed by atoms with Crippen LogP contribution in [0, 0.1) is 0 Å². The highest BCUT2D eigenvalue weighted by atomic mass is 32.1. The quantitative estimate of drug-likeness (QED) is 0.719. The highest BCUT2D eigenvalue weighted by molar-refractivity contribution is 7.13. The van der Waals surface area contributed by atoms with Crippen LogP contribution in [0.5, 0.6) is 0 Å². The summed E-state index contributed by atoms with van der Waals surface area (Å²) in [5.41, 5.74) is 3.34. The molecule has 2 aliphatic rings. The van der Waals surface area contributed by atoms with Crippen molar-refractivity contribution in [3.8, 4) is 10.6 Å². The van der Waals surface area contributed by atoms with Gasteiger partial charge in [0.25, 0.3) is 0 Å². The number of likely N-dealkylation sites (tertiary alicyclic amines) is 1. The fraction of sp³-hybridized carbons (Fsp3) is 0.565. The van der Waals surface area contributed by atoms with Crippen molar-refractivity contribution in [2.24, 2.45) is 0 Å². The van der Waals surface area contributed by atoms with E-state index in [1.54, 1.807) is 11.3 Å². The van der Waals surface area contributed by atoms with E-state index in [-0.39, 0.29) is 5.91 Å². The van der Waals surface area contributed by atoms with Gasteiger partial charge in [0, 0.05) is 43.2 Å². The number of carbonyl (C=O) groups excluding carboxylic acids is 1. The van der Waals surface area contributed by atoms with E-state index in [0.717, 1.165) is 74.9 Å². The van der Waals surface area contributed by atoms with Crippen molar-refractivity contribution >= 4 is 17.2 Å². The smallest absolute Gasteiger partial charge is 0.228 e. The number of hydrogen-bond acceptors (Lipinski definition) is 5. The zero-order valence-electron chi connectivity index (χ0n) is 17.3. The van der Waals surface area contributed by atoms with E-state index in [1.807, 2.05) is 5.38 Å². The van der Waals surface area contributed by atoms with Crippen molar-refractivity contribution in [1.29, 1.82) is 0 Å². The zero-order chi connectivity index (χ0) is 20.1. The summed E-state index contributed by atoms with van der Waals surface area (Å²) in [5, 5.41) is 3.04. The first-order valence-electron chi connectivity index (χ1n) is 10.9. The maximum absolute atomic E-state index is 12.8. The third kappa shape index (κ3) is 5.24. The molecule has 1 aromatic carbocycles. The van der Waals surface area contributed by atoms with Crippen molar-refractivity contribution < 1.29 is 9.53 Å². The normalized spacial score (nSPS) is 20.7. The summed E-state index contributed by atoms with van der Waals surface area (Å²) in [7, 11) is 0. The number of nitrogens with zero attached hydrogens (tertiary/aromatic N) is 3. The summed E-state index contributed by atoms with van der Waals surface area (Å²) in [4.78, 5) is 22.1. The number of amides is 1. The van der Waals surface area contributed by atoms with Gasteiger partial charge in [-0.25, -0.2) is 4.98 Å². The Hall–Kier alpha value is -1.76. The largest absolute Gasteiger partial charge is 0.379 e. The van der Waals surface area contributed by atoms with Gasteiger partial charge in [-0.1, -0.05) is 31.2 Å². The molecule has 2 aliphatic heterocycles. The van der Waals surface area contributed by atoms with Crippen LogP contribution in [-0.2, 0) is 22.5 Å². The first-order valence-corrected chi connectivity index (χ1v) is 11.7. The molecule has 4 rings (SSSR count). The number of hydrogen-bond donors (Lipinski definition) is 0. The predicted octanol–water partition coefficient (Wildman–Crippen LogP) is 3.98. The molecule has 156 valence electrons. The van der Waals surface area contributed by atoms with Crippen molar-refractivity contribution in [2.45, 2.75) is 51.6 Å². The van der Waals surface area contributed by atoms with Gasteiger partial charge in [0.1, 0.15) is 5.01 Å². The monoisotopic (exact) mass is 413 g/mol. The standard InChI is InChI=1S/C23H31N3O2S/c1-2-21-5-3-4-10-26(21)22(27)15-20-17-29-23(24-20)19-8-6-18(7-9-19)16-25-11-13-28-14-12-25/h6-9,17,21H,2-5,10-16H2,1H3. The molecule has 0 aliphatic carbocycles. The van der Waals surface area contributed by atoms with E-state index in [4.69, 9.17) is 9.72 Å². The average molecular weight is 414 g/mol. The number of carbonyl (C=O) groups is 1. The summed E-state index contributed by atoms with van der Waals surface area (Å²) < 4.78 is 5.42. The van der Waals surface area contributed by atoms with Crippen LogP contribution in [0.1, 0.15) is 43.9 Å². The second kappa shape index (κ2) is 9.83. The second-order valence-corrected chi connectivity index (χ2v) is 8.91. The van der Waals surface area contributed by atoms with Gasteiger partial charge in [0.2, 0.25) is 5.91 Å². The molecular weight excluding hydrogens is 382 g/mol. The number of thiazole rings is 1. The Balaban J connectivity index is 1.36. The van der Waals surface area contributed by atoms with E-state index in [1.165, 1.54) is 12.0 Å². The molecule has 2 fully saturated rings. The Morgan fingerprint density at radius 1 is 1.17 bits per heavy atom. The number of morpholine rings is 1. The Morgan fingerprint density at radius 3 is 2.72 bits per heavy atom. The first kappa shape index (κ1) is 20.5. The third-order valence-corrected chi connectivity index (χ3v) is 6.95. The Morgan fingerprint density at radius 2 is 1.97 bits per heavy atom. The predicted molar refractivity (Wildman–Crippen MR) is 117 cm³/mol. The second-order valence-electron chi connectivity index (χ2n) is 8.05. The van der Waals surface area contributed by atoms with Gasteiger partial charge in [-0.2, -0.15) is 0 Å². The van der Waals surface area contributed by atoms with Gasteiger partial charge in [-0.15, -0.1) is 11.3 Å². The molecule has 29 heavy (non-hydrogen) atoms. The van der Waals surface area contributed by atoms with Crippen LogP contribution in [0.3, 0.4) is 0 Å². The third-order valence-electron chi connectivity index (χ3n) is 6.01. The maximum Gasteiger partial charge on any atom is 0.228 e. The van der Waals surface area contributed by atoms with E-state index in [9.17, 15) is 4.79 Å². The summed E-state index contributed by atoms with van der Waals surface area (Å²) in [6.45, 7) is 7.71. The van der Waals surface area contributed by atoms with E-state index in [2.05, 4.69) is 41.0 Å². The average Bonchev–Trinajstić information content (AvgIpc) is 3.23. The lowest BCUT2D eigenvalue weighted by Gasteiger charge is -2.35. The van der Waals surface area contributed by atoms with Crippen LogP contribution in [0.2, 0.25) is 0 Å². The summed E-state index contributed by atoms with van der Waals surface area (Å²) in [6, 6.07) is 9.09. The number of rotatable bonds is 6. The lowest BCUT2D eigenvalue weighted by atomic mass is 9.99. The zero-order valence-corrected chi connectivity index (χ0v) is 18.1. The van der Waals surface area contributed by atoms with Crippen LogP contribution in [-0.4, -0.2) is 59.6 Å². The lowest BCUT2D eigenvalue weighted by Crippen LogP contribution is -2.44. The van der Waals surface area contributed by atoms with Crippen LogP contribution in [0.25, 0.3) is 10.6 Å². The maximum atomic E-state index is 12.8. The van der Waals surface area contributed by atoms with Crippen molar-refractivity contribution in [1.82, 2.24) is 14.8 Å². The number of aromatic nitrogens is 1. The minimum atomic E-state index is 0.231. The minimum absolute atomic E-state index is 0.231. The molecular formula is C23H31N3O2S. The molecule has 2 saturated heterocycles. The van der Waals surface area contributed by atoms with Gasteiger partial charge < -0.3 is 9.64 Å². The molecule has 1 unspecified atom stereocenters. The molecule has 3 heterocycles. The van der Waals surface area contributed by atoms with Gasteiger partial charge >= 0.3 is 0 Å². The van der Waals surface area contributed by atoms with Crippen LogP contribution in [0.15, 0.2) is 29.6 Å². The Labute approximate surface area is 177 Å². The lowest BCUT2D eigenvalue weighted by molar-refractivity contribution is -0.134. The number of ether oxygens (including phenoxy) is 1. The molecule has 0 bridgehead atoms. The molecule has 0 saturated carbocycles. The highest BCUT2D eigenvalue weighted by Crippen LogP contribution is 2.26. The van der Waals surface area contributed by atoms with Crippen LogP contribution in [0.4, 0.5) is 0 Å². The fourth-order valence-corrected chi connectivity index (χ4v) is 5.13. The topological polar surface area (TPSA) is 45.7 Å². The van der Waals surface area contributed by atoms with E-state index < -0.39 is 0 Å². The molecule has 0 spiro atoms. The van der Waals surface area contributed by atoms with E-state index >= 15 is 0 Å². The molecule has 1 atom stereocenters. The van der Waals surface area contributed by atoms with Crippen LogP contribution < -0.4 is 0 Å². The van der Waals surface area contributed by atoms with Crippen molar-refractivity contribution in [3.63, 3.8) is 0 Å². The minimum Gasteiger partial charge on any atom is -0.379 e. The number of benzene rings is 1. The Kier molecular flexibility index (Phi) is 6.95. The van der Waals surface area contributed by atoms with Gasteiger partial charge in [-0.3, -0.25) is 9.69 Å². The van der Waals surface area contributed by atoms with Crippen molar-refractivity contribution in [3.05, 3.63) is 40.9 Å².